The monoisotopic (exact) mass is 373 g/mol. The van der Waals surface area contributed by atoms with Gasteiger partial charge in [0.05, 0.1) is 12.9 Å². The zero-order chi connectivity index (χ0) is 15.7. The molecule has 0 radical (unpaired) electrons. The Balaban J connectivity index is 2.18. The van der Waals surface area contributed by atoms with Crippen LogP contribution in [0, 0.1) is 6.92 Å². The predicted octanol–water partition coefficient (Wildman–Crippen LogP) is 3.31. The molecule has 1 aromatic carbocycles. The molecule has 21 heavy (non-hydrogen) atoms. The summed E-state index contributed by atoms with van der Waals surface area (Å²) in [7, 11) is 1.38. The van der Waals surface area contributed by atoms with Crippen molar-refractivity contribution in [2.24, 2.45) is 0 Å². The summed E-state index contributed by atoms with van der Waals surface area (Å²) in [6, 6.07) is 6.01. The average Bonchev–Trinajstić information content (AvgIpc) is 2.45. The van der Waals surface area contributed by atoms with Gasteiger partial charge in [0.25, 0.3) is 0 Å². The first kappa shape index (κ1) is 18.0. The molecule has 0 saturated heterocycles. The van der Waals surface area contributed by atoms with Crippen molar-refractivity contribution >= 4 is 39.6 Å². The molecule has 0 aromatic heterocycles. The molecule has 1 aromatic rings. The van der Waals surface area contributed by atoms with Gasteiger partial charge in [0, 0.05) is 22.3 Å². The molecule has 0 fully saturated rings. The number of nitrogens with one attached hydrogen (secondary N) is 1. The van der Waals surface area contributed by atoms with Crippen molar-refractivity contribution in [1.82, 2.24) is 5.32 Å². The molecular weight excluding hydrogens is 354 g/mol. The molecule has 0 heterocycles. The molecule has 0 atom stereocenters. The summed E-state index contributed by atoms with van der Waals surface area (Å²) >= 11 is 4.95. The Hall–Kier alpha value is -1.01. The lowest BCUT2D eigenvalue weighted by Crippen LogP contribution is -2.26. The molecule has 0 unspecified atom stereocenters. The smallest absolute Gasteiger partial charge is 0.305 e. The van der Waals surface area contributed by atoms with Crippen molar-refractivity contribution < 1.29 is 14.3 Å². The molecule has 1 amide bonds. The summed E-state index contributed by atoms with van der Waals surface area (Å²) in [5, 5.41) is 2.85. The van der Waals surface area contributed by atoms with Crippen LogP contribution in [0.15, 0.2) is 27.6 Å². The first-order valence-corrected chi connectivity index (χ1v) is 8.53. The Bertz CT molecular complexity index is 494. The van der Waals surface area contributed by atoms with E-state index in [-0.39, 0.29) is 11.9 Å². The number of halogens is 1. The Labute approximate surface area is 138 Å². The SMILES string of the molecule is COC(=O)CCCCNC(=O)CSc1ccc(Br)cc1C. The minimum atomic E-state index is -0.206. The van der Waals surface area contributed by atoms with E-state index in [1.807, 2.05) is 25.1 Å². The second-order valence-electron chi connectivity index (χ2n) is 4.58. The lowest BCUT2D eigenvalue weighted by molar-refractivity contribution is -0.140. The molecular formula is C15H20BrNO3S. The van der Waals surface area contributed by atoms with Gasteiger partial charge in [-0.05, 0) is 43.5 Å². The van der Waals surface area contributed by atoms with E-state index in [0.29, 0.717) is 18.7 Å². The summed E-state index contributed by atoms with van der Waals surface area (Å²) in [4.78, 5) is 23.7. The number of esters is 1. The zero-order valence-corrected chi connectivity index (χ0v) is 14.7. The van der Waals surface area contributed by atoms with Crippen LogP contribution in [0.3, 0.4) is 0 Å². The first-order valence-electron chi connectivity index (χ1n) is 6.75. The topological polar surface area (TPSA) is 55.4 Å². The molecule has 1 rings (SSSR count). The number of rotatable bonds is 8. The maximum absolute atomic E-state index is 11.7. The van der Waals surface area contributed by atoms with Crippen LogP contribution in [-0.2, 0) is 14.3 Å². The zero-order valence-electron chi connectivity index (χ0n) is 12.3. The highest BCUT2D eigenvalue weighted by Gasteiger charge is 2.05. The van der Waals surface area contributed by atoms with Gasteiger partial charge >= 0.3 is 5.97 Å². The number of hydrogen-bond acceptors (Lipinski definition) is 4. The van der Waals surface area contributed by atoms with Crippen molar-refractivity contribution in [3.63, 3.8) is 0 Å². The molecule has 0 aliphatic heterocycles. The third-order valence-corrected chi connectivity index (χ3v) is 4.52. The molecule has 0 bridgehead atoms. The quantitative estimate of drug-likeness (QED) is 0.431. The summed E-state index contributed by atoms with van der Waals surface area (Å²) in [5.41, 5.74) is 1.15. The average molecular weight is 374 g/mol. The van der Waals surface area contributed by atoms with E-state index in [1.165, 1.54) is 18.9 Å². The van der Waals surface area contributed by atoms with Gasteiger partial charge in [-0.3, -0.25) is 9.59 Å². The van der Waals surface area contributed by atoms with Gasteiger partial charge in [-0.2, -0.15) is 0 Å². The lowest BCUT2D eigenvalue weighted by atomic mass is 10.2. The molecule has 0 spiro atoms. The maximum Gasteiger partial charge on any atom is 0.305 e. The van der Waals surface area contributed by atoms with Crippen LogP contribution >= 0.6 is 27.7 Å². The van der Waals surface area contributed by atoms with Gasteiger partial charge in [-0.15, -0.1) is 11.8 Å². The minimum Gasteiger partial charge on any atom is -0.469 e. The first-order chi connectivity index (χ1) is 10.0. The van der Waals surface area contributed by atoms with Crippen LogP contribution in [0.2, 0.25) is 0 Å². The molecule has 0 aliphatic rings. The number of amides is 1. The molecule has 0 aliphatic carbocycles. The largest absolute Gasteiger partial charge is 0.469 e. The van der Waals surface area contributed by atoms with E-state index < -0.39 is 0 Å². The van der Waals surface area contributed by atoms with Crippen LogP contribution in [0.1, 0.15) is 24.8 Å². The van der Waals surface area contributed by atoms with Crippen molar-refractivity contribution in [2.75, 3.05) is 19.4 Å². The molecule has 1 N–H and O–H groups in total. The number of methoxy groups -OCH3 is 1. The fourth-order valence-corrected chi connectivity index (χ4v) is 3.01. The van der Waals surface area contributed by atoms with Gasteiger partial charge in [0.2, 0.25) is 5.91 Å². The Kier molecular flexibility index (Phi) is 8.45. The summed E-state index contributed by atoms with van der Waals surface area (Å²) in [5.74, 6) is 0.211. The van der Waals surface area contributed by atoms with Gasteiger partial charge in [0.15, 0.2) is 0 Å². The number of thioether (sulfide) groups is 1. The normalized spacial score (nSPS) is 10.2. The summed E-state index contributed by atoms with van der Waals surface area (Å²) in [6.07, 6.45) is 1.91. The van der Waals surface area contributed by atoms with Crippen molar-refractivity contribution in [1.29, 1.82) is 0 Å². The van der Waals surface area contributed by atoms with E-state index in [2.05, 4.69) is 26.0 Å². The number of unbranched alkanes of at least 4 members (excludes halogenated alkanes) is 1. The molecule has 4 nitrogen and oxygen atoms in total. The standard InChI is InChI=1S/C15H20BrNO3S/c1-11-9-12(16)6-7-13(11)21-10-14(18)17-8-4-3-5-15(19)20-2/h6-7,9H,3-5,8,10H2,1-2H3,(H,17,18). The van der Waals surface area contributed by atoms with Crippen LogP contribution in [-0.4, -0.2) is 31.3 Å². The lowest BCUT2D eigenvalue weighted by Gasteiger charge is -2.07. The predicted molar refractivity (Wildman–Crippen MR) is 88.5 cm³/mol. The molecule has 0 saturated carbocycles. The molecule has 6 heteroatoms. The number of aryl methyl sites for hydroxylation is 1. The van der Waals surface area contributed by atoms with Crippen molar-refractivity contribution in [3.8, 4) is 0 Å². The van der Waals surface area contributed by atoms with Crippen molar-refractivity contribution in [2.45, 2.75) is 31.1 Å². The summed E-state index contributed by atoms with van der Waals surface area (Å²) < 4.78 is 5.59. The van der Waals surface area contributed by atoms with E-state index in [0.717, 1.165) is 27.8 Å². The Morgan fingerprint density at radius 2 is 2.10 bits per heavy atom. The van der Waals surface area contributed by atoms with Gasteiger partial charge < -0.3 is 10.1 Å². The highest BCUT2D eigenvalue weighted by Crippen LogP contribution is 2.24. The van der Waals surface area contributed by atoms with Crippen LogP contribution in [0.4, 0.5) is 0 Å². The molecule has 116 valence electrons. The maximum atomic E-state index is 11.7. The number of carbonyl (C=O) groups is 2. The number of hydrogen-bond donors (Lipinski definition) is 1. The highest BCUT2D eigenvalue weighted by molar-refractivity contribution is 9.10. The van der Waals surface area contributed by atoms with Crippen molar-refractivity contribution in [3.05, 3.63) is 28.2 Å². The van der Waals surface area contributed by atoms with E-state index >= 15 is 0 Å². The third-order valence-electron chi connectivity index (χ3n) is 2.85. The number of ether oxygens (including phenoxy) is 1. The Morgan fingerprint density at radius 1 is 1.33 bits per heavy atom. The van der Waals surface area contributed by atoms with Crippen LogP contribution in [0.5, 0.6) is 0 Å². The van der Waals surface area contributed by atoms with Crippen LogP contribution in [0.25, 0.3) is 0 Å². The fourth-order valence-electron chi connectivity index (χ4n) is 1.69. The third kappa shape index (κ3) is 7.52. The Morgan fingerprint density at radius 3 is 2.76 bits per heavy atom. The van der Waals surface area contributed by atoms with E-state index in [9.17, 15) is 9.59 Å². The van der Waals surface area contributed by atoms with Gasteiger partial charge in [-0.1, -0.05) is 15.9 Å². The van der Waals surface area contributed by atoms with E-state index in [1.54, 1.807) is 0 Å². The second-order valence-corrected chi connectivity index (χ2v) is 6.51. The highest BCUT2D eigenvalue weighted by atomic mass is 79.9. The van der Waals surface area contributed by atoms with E-state index in [4.69, 9.17) is 0 Å². The second kappa shape index (κ2) is 9.84. The van der Waals surface area contributed by atoms with Gasteiger partial charge in [-0.25, -0.2) is 0 Å². The minimum absolute atomic E-state index is 0.0142. The fraction of sp³-hybridized carbons (Fsp3) is 0.467. The summed E-state index contributed by atoms with van der Waals surface area (Å²) in [6.45, 7) is 2.62. The number of carbonyl (C=O) groups excluding carboxylic acids is 2. The van der Waals surface area contributed by atoms with Crippen LogP contribution < -0.4 is 5.32 Å². The number of benzene rings is 1. The van der Waals surface area contributed by atoms with Gasteiger partial charge in [0.1, 0.15) is 0 Å².